The molecule has 2 spiro atoms. The first-order valence-electron chi connectivity index (χ1n) is 7.19. The van der Waals surface area contributed by atoms with Gasteiger partial charge in [0.15, 0.2) is 0 Å². The van der Waals surface area contributed by atoms with Gasteiger partial charge in [-0.25, -0.2) is 0 Å². The maximum atomic E-state index is 10.7. The molecule has 94 valence electrons. The maximum Gasteiger partial charge on any atom is 0.0647 e. The van der Waals surface area contributed by atoms with E-state index in [1.165, 1.54) is 22.3 Å². The summed E-state index contributed by atoms with van der Waals surface area (Å²) in [5, 5.41) is 21.3. The van der Waals surface area contributed by atoms with E-state index in [4.69, 9.17) is 0 Å². The summed E-state index contributed by atoms with van der Waals surface area (Å²) in [5.74, 6) is 0. The summed E-state index contributed by atoms with van der Waals surface area (Å²) in [5.41, 5.74) is 5.61. The van der Waals surface area contributed by atoms with E-state index in [-0.39, 0.29) is 23.0 Å². The number of aryl methyl sites for hydroxylation is 2. The van der Waals surface area contributed by atoms with Crippen LogP contribution in [0.15, 0.2) is 12.1 Å². The fourth-order valence-electron chi connectivity index (χ4n) is 5.64. The average Bonchev–Trinajstić information content (AvgIpc) is 2.89. The molecule has 1 aromatic carbocycles. The zero-order valence-electron chi connectivity index (χ0n) is 10.4. The molecule has 2 heteroatoms. The lowest BCUT2D eigenvalue weighted by Gasteiger charge is -2.57. The van der Waals surface area contributed by atoms with Crippen molar-refractivity contribution in [1.29, 1.82) is 0 Å². The van der Waals surface area contributed by atoms with Gasteiger partial charge in [0, 0.05) is 10.8 Å². The number of aliphatic hydroxyl groups excluding tert-OH is 2. The second kappa shape index (κ2) is 2.68. The van der Waals surface area contributed by atoms with Crippen LogP contribution in [-0.2, 0) is 23.7 Å². The van der Waals surface area contributed by atoms with Crippen LogP contribution in [0.4, 0.5) is 0 Å². The van der Waals surface area contributed by atoms with Gasteiger partial charge in [-0.1, -0.05) is 12.1 Å². The van der Waals surface area contributed by atoms with E-state index < -0.39 is 0 Å². The summed E-state index contributed by atoms with van der Waals surface area (Å²) in [6, 6.07) is 4.56. The van der Waals surface area contributed by atoms with Crippen molar-refractivity contribution in [3.63, 3.8) is 0 Å². The Morgan fingerprint density at radius 3 is 1.72 bits per heavy atom. The largest absolute Gasteiger partial charge is 0.392 e. The summed E-state index contributed by atoms with van der Waals surface area (Å²) in [4.78, 5) is 0. The number of benzene rings is 1. The molecule has 6 rings (SSSR count). The van der Waals surface area contributed by atoms with Crippen LogP contribution in [-0.4, -0.2) is 22.4 Å². The lowest BCUT2D eigenvalue weighted by molar-refractivity contribution is -0.0818. The van der Waals surface area contributed by atoms with Gasteiger partial charge < -0.3 is 10.2 Å². The van der Waals surface area contributed by atoms with Crippen molar-refractivity contribution in [2.24, 2.45) is 0 Å². The van der Waals surface area contributed by atoms with E-state index in [1.54, 1.807) is 0 Å². The minimum absolute atomic E-state index is 0.105. The van der Waals surface area contributed by atoms with E-state index in [0.717, 1.165) is 38.5 Å². The summed E-state index contributed by atoms with van der Waals surface area (Å²) < 4.78 is 0. The quantitative estimate of drug-likeness (QED) is 0.725. The number of rotatable bonds is 0. The first kappa shape index (κ1) is 9.99. The van der Waals surface area contributed by atoms with Crippen LogP contribution in [0.2, 0.25) is 0 Å². The Hall–Kier alpha value is -0.860. The van der Waals surface area contributed by atoms with Gasteiger partial charge >= 0.3 is 0 Å². The summed E-state index contributed by atoms with van der Waals surface area (Å²) in [6.07, 6.45) is 5.35. The Balaban J connectivity index is 1.95. The molecule has 0 aromatic heterocycles. The van der Waals surface area contributed by atoms with E-state index in [1.807, 2.05) is 0 Å². The van der Waals surface area contributed by atoms with E-state index >= 15 is 0 Å². The third kappa shape index (κ3) is 0.784. The molecule has 4 unspecified atom stereocenters. The smallest absolute Gasteiger partial charge is 0.0647 e. The van der Waals surface area contributed by atoms with Crippen molar-refractivity contribution in [2.75, 3.05) is 0 Å². The molecule has 0 saturated heterocycles. The third-order valence-electron chi connectivity index (χ3n) is 6.45. The first-order valence-corrected chi connectivity index (χ1v) is 7.19. The van der Waals surface area contributed by atoms with Crippen molar-refractivity contribution in [2.45, 2.75) is 61.6 Å². The van der Waals surface area contributed by atoms with Crippen LogP contribution < -0.4 is 0 Å². The predicted molar refractivity (Wildman–Crippen MR) is 67.7 cm³/mol. The monoisotopic (exact) mass is 242 g/mol. The highest BCUT2D eigenvalue weighted by Crippen LogP contribution is 2.65. The Labute approximate surface area is 107 Å². The van der Waals surface area contributed by atoms with Crippen LogP contribution in [0.5, 0.6) is 0 Å². The van der Waals surface area contributed by atoms with Gasteiger partial charge in [0.25, 0.3) is 0 Å². The SMILES string of the molecule is OC1CC23CCc4ccc5c(c42)C1(CC5)CC3O. The molecule has 0 aliphatic heterocycles. The molecular weight excluding hydrogens is 224 g/mol. The van der Waals surface area contributed by atoms with E-state index in [0.29, 0.717) is 0 Å². The lowest BCUT2D eigenvalue weighted by atomic mass is 9.50. The van der Waals surface area contributed by atoms with Gasteiger partial charge in [0.05, 0.1) is 12.2 Å². The molecule has 18 heavy (non-hydrogen) atoms. The van der Waals surface area contributed by atoms with Gasteiger partial charge in [-0.3, -0.25) is 0 Å². The number of hydrogen-bond acceptors (Lipinski definition) is 2. The fourth-order valence-corrected chi connectivity index (χ4v) is 5.64. The standard InChI is InChI=1S/C16H18O2/c17-11-8-16-6-4-10-2-1-9-3-5-15(11,7-12(16)18)13(9)14(10)16/h1-2,11-12,17-18H,3-8H2. The van der Waals surface area contributed by atoms with Crippen molar-refractivity contribution in [1.82, 2.24) is 0 Å². The predicted octanol–water partition coefficient (Wildman–Crippen LogP) is 1.58. The molecule has 0 radical (unpaired) electrons. The number of fused-ring (bicyclic) bond motifs is 2. The Morgan fingerprint density at radius 2 is 1.28 bits per heavy atom. The highest BCUT2D eigenvalue weighted by Gasteiger charge is 2.65. The second-order valence-electron chi connectivity index (χ2n) is 6.89. The molecule has 2 bridgehead atoms. The lowest BCUT2D eigenvalue weighted by Crippen LogP contribution is -2.60. The topological polar surface area (TPSA) is 40.5 Å². The highest BCUT2D eigenvalue weighted by atomic mass is 16.3. The average molecular weight is 242 g/mol. The fraction of sp³-hybridized carbons (Fsp3) is 0.625. The first-order chi connectivity index (χ1) is 8.67. The van der Waals surface area contributed by atoms with Crippen molar-refractivity contribution in [3.8, 4) is 0 Å². The van der Waals surface area contributed by atoms with Crippen LogP contribution in [0.1, 0.15) is 47.9 Å². The summed E-state index contributed by atoms with van der Waals surface area (Å²) in [7, 11) is 0. The minimum Gasteiger partial charge on any atom is -0.392 e. The molecule has 1 saturated carbocycles. The molecule has 1 aromatic rings. The molecule has 5 aliphatic carbocycles. The van der Waals surface area contributed by atoms with Gasteiger partial charge in [-0.05, 0) is 60.8 Å². The zero-order valence-corrected chi connectivity index (χ0v) is 10.4. The van der Waals surface area contributed by atoms with Gasteiger partial charge in [-0.2, -0.15) is 0 Å². The number of aliphatic hydroxyl groups is 2. The van der Waals surface area contributed by atoms with Crippen molar-refractivity contribution < 1.29 is 10.2 Å². The normalized spacial score (nSPS) is 46.6. The Kier molecular flexibility index (Phi) is 1.49. The maximum absolute atomic E-state index is 10.7. The van der Waals surface area contributed by atoms with Gasteiger partial charge in [0.1, 0.15) is 0 Å². The van der Waals surface area contributed by atoms with E-state index in [9.17, 15) is 10.2 Å². The zero-order chi connectivity index (χ0) is 12.1. The molecule has 0 amide bonds. The van der Waals surface area contributed by atoms with Crippen molar-refractivity contribution in [3.05, 3.63) is 34.4 Å². The highest BCUT2D eigenvalue weighted by molar-refractivity contribution is 5.60. The molecule has 2 nitrogen and oxygen atoms in total. The van der Waals surface area contributed by atoms with E-state index in [2.05, 4.69) is 12.1 Å². The molecule has 0 heterocycles. The molecule has 1 fully saturated rings. The number of hydrogen-bond donors (Lipinski definition) is 2. The van der Waals surface area contributed by atoms with Gasteiger partial charge in [0.2, 0.25) is 0 Å². The summed E-state index contributed by atoms with van der Waals surface area (Å²) >= 11 is 0. The van der Waals surface area contributed by atoms with Crippen molar-refractivity contribution >= 4 is 0 Å². The second-order valence-corrected chi connectivity index (χ2v) is 6.89. The van der Waals surface area contributed by atoms with Crippen LogP contribution in [0.25, 0.3) is 0 Å². The molecule has 4 atom stereocenters. The minimum atomic E-state index is -0.233. The van der Waals surface area contributed by atoms with Gasteiger partial charge in [-0.15, -0.1) is 0 Å². The third-order valence-corrected chi connectivity index (χ3v) is 6.45. The Morgan fingerprint density at radius 1 is 0.833 bits per heavy atom. The molecule has 5 aliphatic rings. The molecular formula is C16H18O2. The van der Waals surface area contributed by atoms with Crippen LogP contribution in [0.3, 0.4) is 0 Å². The summed E-state index contributed by atoms with van der Waals surface area (Å²) in [6.45, 7) is 0. The Bertz CT molecular complexity index is 528. The molecule has 2 N–H and O–H groups in total. The van der Waals surface area contributed by atoms with Crippen LogP contribution >= 0.6 is 0 Å². The van der Waals surface area contributed by atoms with Crippen LogP contribution in [0, 0.1) is 0 Å².